The number of pyridine rings is 1. The van der Waals surface area contributed by atoms with Crippen molar-refractivity contribution in [1.82, 2.24) is 4.98 Å². The number of anilines is 1. The molecule has 0 aromatic carbocycles. The van der Waals surface area contributed by atoms with Crippen LogP contribution in [0.4, 0.5) is 10.5 Å². The molecule has 0 saturated carbocycles. The smallest absolute Gasteiger partial charge is 0.409 e. The van der Waals surface area contributed by atoms with E-state index in [1.165, 1.54) is 25.3 Å². The van der Waals surface area contributed by atoms with Gasteiger partial charge in [0.2, 0.25) is 0 Å². The Bertz CT molecular complexity index is 349. The van der Waals surface area contributed by atoms with Gasteiger partial charge in [0.05, 0.1) is 0 Å². The van der Waals surface area contributed by atoms with Crippen molar-refractivity contribution in [3.8, 4) is 0 Å². The molecule has 0 aliphatic carbocycles. The van der Waals surface area contributed by atoms with Gasteiger partial charge in [0, 0.05) is 18.8 Å². The van der Waals surface area contributed by atoms with Crippen LogP contribution in [0.3, 0.4) is 0 Å². The van der Waals surface area contributed by atoms with Crippen LogP contribution in [0.15, 0.2) is 18.3 Å². The maximum Gasteiger partial charge on any atom is 0.409 e. The van der Waals surface area contributed by atoms with Crippen molar-refractivity contribution >= 4 is 17.6 Å². The summed E-state index contributed by atoms with van der Waals surface area (Å²) in [5.41, 5.74) is 0.582. The monoisotopic (exact) mass is 180 g/mol. The van der Waals surface area contributed by atoms with E-state index in [0.717, 1.165) is 0 Å². The van der Waals surface area contributed by atoms with Gasteiger partial charge >= 0.3 is 6.09 Å². The predicted molar refractivity (Wildman–Crippen MR) is 45.9 cm³/mol. The summed E-state index contributed by atoms with van der Waals surface area (Å²) < 4.78 is 0. The van der Waals surface area contributed by atoms with Gasteiger partial charge in [-0.1, -0.05) is 0 Å². The van der Waals surface area contributed by atoms with Crippen LogP contribution < -0.4 is 5.32 Å². The number of amides is 1. The molecule has 0 spiro atoms. The Kier molecular flexibility index (Phi) is 2.59. The first kappa shape index (κ1) is 9.18. The van der Waals surface area contributed by atoms with Gasteiger partial charge in [-0.05, 0) is 12.1 Å². The van der Waals surface area contributed by atoms with E-state index in [0.29, 0.717) is 5.69 Å². The zero-order valence-corrected chi connectivity index (χ0v) is 6.94. The quantitative estimate of drug-likeness (QED) is 0.673. The average molecular weight is 180 g/mol. The summed E-state index contributed by atoms with van der Waals surface area (Å²) in [6.45, 7) is 1.37. The van der Waals surface area contributed by atoms with Gasteiger partial charge in [-0.25, -0.2) is 4.79 Å². The Balaban J connectivity index is 2.91. The lowest BCUT2D eigenvalue weighted by Crippen LogP contribution is -2.08. The molecule has 0 fully saturated rings. The minimum Gasteiger partial charge on any atom is -0.465 e. The lowest BCUT2D eigenvalue weighted by Gasteiger charge is -2.00. The number of aromatic nitrogens is 1. The van der Waals surface area contributed by atoms with Crippen molar-refractivity contribution in [2.75, 3.05) is 5.32 Å². The summed E-state index contributed by atoms with van der Waals surface area (Å²) in [5.74, 6) is -0.200. The van der Waals surface area contributed by atoms with E-state index in [1.54, 1.807) is 0 Å². The van der Waals surface area contributed by atoms with Gasteiger partial charge in [0.25, 0.3) is 0 Å². The molecule has 0 radical (unpaired) electrons. The number of ketones is 1. The van der Waals surface area contributed by atoms with E-state index in [2.05, 4.69) is 10.3 Å². The third-order valence-electron chi connectivity index (χ3n) is 1.37. The summed E-state index contributed by atoms with van der Waals surface area (Å²) in [4.78, 5) is 24.8. The summed E-state index contributed by atoms with van der Waals surface area (Å²) in [6, 6.07) is 2.86. The lowest BCUT2D eigenvalue weighted by molar-refractivity contribution is 0.101. The van der Waals surface area contributed by atoms with Crippen LogP contribution in [0.1, 0.15) is 17.4 Å². The van der Waals surface area contributed by atoms with Crippen LogP contribution in [-0.4, -0.2) is 22.0 Å². The van der Waals surface area contributed by atoms with E-state index in [9.17, 15) is 9.59 Å². The highest BCUT2D eigenvalue weighted by atomic mass is 16.4. The third-order valence-corrected chi connectivity index (χ3v) is 1.37. The van der Waals surface area contributed by atoms with Crippen LogP contribution in [0.2, 0.25) is 0 Å². The molecule has 1 aromatic rings. The van der Waals surface area contributed by atoms with Crippen LogP contribution in [0, 0.1) is 0 Å². The predicted octanol–water partition coefficient (Wildman–Crippen LogP) is 1.37. The molecule has 0 atom stereocenters. The number of carbonyl (C=O) groups excluding carboxylic acids is 1. The number of nitrogens with zero attached hydrogens (tertiary/aromatic N) is 1. The topological polar surface area (TPSA) is 79.3 Å². The summed E-state index contributed by atoms with van der Waals surface area (Å²) >= 11 is 0. The van der Waals surface area contributed by atoms with E-state index in [4.69, 9.17) is 5.11 Å². The Morgan fingerprint density at radius 2 is 2.23 bits per heavy atom. The number of carboxylic acid groups (broad SMARTS) is 1. The molecule has 0 aliphatic rings. The van der Waals surface area contributed by atoms with Gasteiger partial charge in [-0.2, -0.15) is 0 Å². The van der Waals surface area contributed by atoms with Gasteiger partial charge in [-0.3, -0.25) is 15.1 Å². The highest BCUT2D eigenvalue weighted by Gasteiger charge is 2.03. The molecule has 5 heteroatoms. The second-order valence-corrected chi connectivity index (χ2v) is 2.42. The molecular weight excluding hydrogens is 172 g/mol. The fourth-order valence-corrected chi connectivity index (χ4v) is 0.824. The Labute approximate surface area is 74.4 Å². The Morgan fingerprint density at radius 3 is 2.77 bits per heavy atom. The number of nitrogens with one attached hydrogen (secondary N) is 1. The molecule has 5 nitrogen and oxygen atoms in total. The van der Waals surface area contributed by atoms with Crippen LogP contribution in [0.25, 0.3) is 0 Å². The number of hydrogen-bond acceptors (Lipinski definition) is 3. The van der Waals surface area contributed by atoms with Gasteiger partial charge in [0.15, 0.2) is 5.78 Å². The van der Waals surface area contributed by atoms with Crippen LogP contribution in [0.5, 0.6) is 0 Å². The largest absolute Gasteiger partial charge is 0.465 e. The maximum atomic E-state index is 10.8. The molecular formula is C8H8N2O3. The zero-order chi connectivity index (χ0) is 9.84. The molecule has 1 aromatic heterocycles. The minimum absolute atomic E-state index is 0.200. The van der Waals surface area contributed by atoms with Crippen LogP contribution >= 0.6 is 0 Å². The average Bonchev–Trinajstić information content (AvgIpc) is 2.03. The molecule has 1 rings (SSSR count). The molecule has 2 N–H and O–H groups in total. The van der Waals surface area contributed by atoms with Gasteiger partial charge < -0.3 is 5.11 Å². The van der Waals surface area contributed by atoms with Gasteiger partial charge in [0.1, 0.15) is 5.69 Å². The normalized spacial score (nSPS) is 9.31. The van der Waals surface area contributed by atoms with E-state index >= 15 is 0 Å². The Morgan fingerprint density at radius 1 is 1.54 bits per heavy atom. The van der Waals surface area contributed by atoms with Crippen molar-refractivity contribution in [2.45, 2.75) is 6.92 Å². The van der Waals surface area contributed by atoms with E-state index in [1.807, 2.05) is 0 Å². The number of Topliss-reactive ketones (excluding diaryl/α,β-unsaturated/α-hetero) is 1. The van der Waals surface area contributed by atoms with Crippen molar-refractivity contribution in [3.63, 3.8) is 0 Å². The van der Waals surface area contributed by atoms with Crippen molar-refractivity contribution < 1.29 is 14.7 Å². The zero-order valence-electron chi connectivity index (χ0n) is 6.94. The van der Waals surface area contributed by atoms with E-state index in [-0.39, 0.29) is 11.5 Å². The highest BCUT2D eigenvalue weighted by Crippen LogP contribution is 2.07. The van der Waals surface area contributed by atoms with Crippen molar-refractivity contribution in [2.24, 2.45) is 0 Å². The van der Waals surface area contributed by atoms with Gasteiger partial charge in [-0.15, -0.1) is 0 Å². The molecule has 1 amide bonds. The molecule has 0 bridgehead atoms. The fourth-order valence-electron chi connectivity index (χ4n) is 0.824. The Hall–Kier alpha value is -1.91. The molecule has 1 heterocycles. The molecule has 13 heavy (non-hydrogen) atoms. The fraction of sp³-hybridized carbons (Fsp3) is 0.125. The third kappa shape index (κ3) is 2.55. The molecule has 0 aliphatic heterocycles. The SMILES string of the molecule is CC(=O)c1cc(NC(=O)O)ccn1. The molecule has 0 unspecified atom stereocenters. The summed E-state index contributed by atoms with van der Waals surface area (Å²) in [6.07, 6.45) is 0.211. The second kappa shape index (κ2) is 3.66. The summed E-state index contributed by atoms with van der Waals surface area (Å²) in [5, 5.41) is 10.5. The molecule has 68 valence electrons. The minimum atomic E-state index is -1.17. The van der Waals surface area contributed by atoms with Crippen LogP contribution in [-0.2, 0) is 0 Å². The maximum absolute atomic E-state index is 10.8. The first-order valence-corrected chi connectivity index (χ1v) is 3.56. The standard InChI is InChI=1S/C8H8N2O3/c1-5(11)7-4-6(2-3-9-7)10-8(12)13/h2-4H,1H3,(H,9,10)(H,12,13). The second-order valence-electron chi connectivity index (χ2n) is 2.42. The summed E-state index contributed by atoms with van der Waals surface area (Å²) in [7, 11) is 0. The first-order valence-electron chi connectivity index (χ1n) is 3.56. The number of rotatable bonds is 2. The van der Waals surface area contributed by atoms with Crippen molar-refractivity contribution in [3.05, 3.63) is 24.0 Å². The van der Waals surface area contributed by atoms with Crippen molar-refractivity contribution in [1.29, 1.82) is 0 Å². The first-order chi connectivity index (χ1) is 6.09. The van der Waals surface area contributed by atoms with E-state index < -0.39 is 6.09 Å². The number of hydrogen-bond donors (Lipinski definition) is 2. The number of carbonyl (C=O) groups is 2. The molecule has 0 saturated heterocycles. The lowest BCUT2D eigenvalue weighted by atomic mass is 10.2. The highest BCUT2D eigenvalue weighted by molar-refractivity contribution is 5.94.